The summed E-state index contributed by atoms with van der Waals surface area (Å²) in [5.41, 5.74) is 3.58. The third kappa shape index (κ3) is 3.33. The molecule has 0 heterocycles. The maximum Gasteiger partial charge on any atom is 0.105 e. The molecule has 0 aliphatic rings. The van der Waals surface area contributed by atoms with Gasteiger partial charge in [0.25, 0.3) is 0 Å². The largest absolute Gasteiger partial charge is 0.192 e. The summed E-state index contributed by atoms with van der Waals surface area (Å²) >= 11 is 3.89. The number of hydrogen-bond donors (Lipinski definition) is 0. The first-order valence-electron chi connectivity index (χ1n) is 7.65. The molecule has 21 heavy (non-hydrogen) atoms. The van der Waals surface area contributed by atoms with Crippen molar-refractivity contribution in [1.29, 1.82) is 5.26 Å². The Morgan fingerprint density at radius 1 is 0.952 bits per heavy atom. The molecule has 0 spiro atoms. The van der Waals surface area contributed by atoms with Gasteiger partial charge in [0.05, 0.1) is 5.57 Å². The molecule has 0 bridgehead atoms. The highest BCUT2D eigenvalue weighted by Crippen LogP contribution is 2.50. The summed E-state index contributed by atoms with van der Waals surface area (Å²) in [6.45, 7) is 13.9. The van der Waals surface area contributed by atoms with Gasteiger partial charge in [-0.25, -0.2) is 0 Å². The highest BCUT2D eigenvalue weighted by molar-refractivity contribution is 9.12. The van der Waals surface area contributed by atoms with Crippen molar-refractivity contribution in [1.82, 2.24) is 0 Å². The zero-order chi connectivity index (χ0) is 16.2. The zero-order valence-corrected chi connectivity index (χ0v) is 16.5. The van der Waals surface area contributed by atoms with Gasteiger partial charge in [-0.05, 0) is 22.2 Å². The summed E-state index contributed by atoms with van der Waals surface area (Å²) < 4.78 is 1.18. The average Bonchev–Trinajstić information content (AvgIpc) is 2.40. The summed E-state index contributed by atoms with van der Waals surface area (Å²) in [6, 6.07) is 12.5. The third-order valence-electron chi connectivity index (χ3n) is 4.64. The van der Waals surface area contributed by atoms with Gasteiger partial charge >= 0.3 is 0 Å². The number of nitriles is 1. The molecular weight excluding hydrogens is 338 g/mol. The second-order valence-electron chi connectivity index (χ2n) is 6.56. The van der Waals surface area contributed by atoms with Gasteiger partial charge in [-0.1, -0.05) is 87.8 Å². The Bertz CT molecular complexity index is 516. The van der Waals surface area contributed by atoms with Gasteiger partial charge in [0.1, 0.15) is 14.1 Å². The molecule has 114 valence electrons. The van der Waals surface area contributed by atoms with E-state index in [1.807, 2.05) is 30.3 Å². The van der Waals surface area contributed by atoms with Gasteiger partial charge in [-0.3, -0.25) is 0 Å². The molecule has 1 aromatic carbocycles. The first-order chi connectivity index (χ1) is 9.79. The molecule has 0 N–H and O–H groups in total. The molecule has 1 nitrogen and oxygen atoms in total. The van der Waals surface area contributed by atoms with Crippen molar-refractivity contribution in [2.75, 3.05) is 0 Å². The number of halogens is 1. The average molecular weight is 364 g/mol. The van der Waals surface area contributed by atoms with E-state index in [0.29, 0.717) is 16.6 Å². The van der Waals surface area contributed by atoms with E-state index in [1.54, 1.807) is 0 Å². The molecule has 0 saturated heterocycles. The molecule has 3 heteroatoms. The first-order valence-corrected chi connectivity index (χ1v) is 10.7. The summed E-state index contributed by atoms with van der Waals surface area (Å²) in [4.78, 5) is 0. The van der Waals surface area contributed by atoms with E-state index >= 15 is 0 Å². The summed E-state index contributed by atoms with van der Waals surface area (Å²) in [7, 11) is -1.82. The Labute approximate surface area is 139 Å². The van der Waals surface area contributed by atoms with Gasteiger partial charge in [0.2, 0.25) is 0 Å². The van der Waals surface area contributed by atoms with Gasteiger partial charge in [-0.2, -0.15) is 5.26 Å². The van der Waals surface area contributed by atoms with Gasteiger partial charge in [0.15, 0.2) is 0 Å². The van der Waals surface area contributed by atoms with Crippen molar-refractivity contribution in [2.45, 2.75) is 58.2 Å². The number of benzene rings is 1. The Morgan fingerprint density at radius 2 is 1.38 bits per heavy atom. The van der Waals surface area contributed by atoms with E-state index < -0.39 is 8.07 Å². The highest BCUT2D eigenvalue weighted by Gasteiger charge is 2.46. The Hall–Kier alpha value is -0.853. The van der Waals surface area contributed by atoms with Crippen molar-refractivity contribution in [3.63, 3.8) is 0 Å². The predicted octanol–water partition coefficient (Wildman–Crippen LogP) is 6.53. The first kappa shape index (κ1) is 18.2. The van der Waals surface area contributed by atoms with Crippen LogP contribution in [-0.2, 0) is 0 Å². The van der Waals surface area contributed by atoms with E-state index in [1.165, 1.54) is 4.11 Å². The predicted molar refractivity (Wildman–Crippen MR) is 99.0 cm³/mol. The van der Waals surface area contributed by atoms with Crippen molar-refractivity contribution in [3.05, 3.63) is 40.0 Å². The van der Waals surface area contributed by atoms with E-state index in [4.69, 9.17) is 0 Å². The van der Waals surface area contributed by atoms with Gasteiger partial charge < -0.3 is 0 Å². The topological polar surface area (TPSA) is 23.8 Å². The van der Waals surface area contributed by atoms with Crippen LogP contribution in [-0.4, -0.2) is 8.07 Å². The van der Waals surface area contributed by atoms with Crippen LogP contribution >= 0.6 is 15.9 Å². The Balaban J connectivity index is 3.63. The fraction of sp³-hybridized carbons (Fsp3) is 0.500. The van der Waals surface area contributed by atoms with Gasteiger partial charge in [0, 0.05) is 4.11 Å². The summed E-state index contributed by atoms with van der Waals surface area (Å²) in [5.74, 6) is 0. The molecule has 1 aromatic rings. The van der Waals surface area contributed by atoms with Crippen LogP contribution in [0.1, 0.15) is 47.1 Å². The SMILES string of the molecule is CC(C)[Si](/C(Br)=C(/C#N)c1ccccc1)(C(C)C)C(C)C. The van der Waals surface area contributed by atoms with E-state index in [9.17, 15) is 5.26 Å². The maximum atomic E-state index is 9.74. The van der Waals surface area contributed by atoms with Crippen LogP contribution in [0.5, 0.6) is 0 Å². The van der Waals surface area contributed by atoms with Crippen LogP contribution in [0.25, 0.3) is 5.57 Å². The van der Waals surface area contributed by atoms with Crippen LogP contribution in [0.15, 0.2) is 34.4 Å². The third-order valence-corrected chi connectivity index (χ3v) is 13.8. The van der Waals surface area contributed by atoms with Gasteiger partial charge in [-0.15, -0.1) is 0 Å². The molecule has 0 aliphatic carbocycles. The lowest BCUT2D eigenvalue weighted by Crippen LogP contribution is -2.45. The lowest BCUT2D eigenvalue weighted by molar-refractivity contribution is 0.832. The number of rotatable bonds is 5. The number of nitrogens with zero attached hydrogens (tertiary/aromatic N) is 1. The summed E-state index contributed by atoms with van der Waals surface area (Å²) in [5, 5.41) is 9.74. The fourth-order valence-electron chi connectivity index (χ4n) is 3.82. The second kappa shape index (κ2) is 7.42. The lowest BCUT2D eigenvalue weighted by Gasteiger charge is -2.43. The standard InChI is InChI=1S/C18H26BrNSi/c1-13(2)21(14(3)4,15(5)6)18(19)17(12-20)16-10-8-7-9-11-16/h7-11,13-15H,1-6H3/b18-17-. The minimum absolute atomic E-state index is 0.582. The molecule has 0 atom stereocenters. The molecule has 0 radical (unpaired) electrons. The molecule has 0 amide bonds. The van der Waals surface area contributed by atoms with Crippen molar-refractivity contribution in [2.24, 2.45) is 0 Å². The zero-order valence-electron chi connectivity index (χ0n) is 13.9. The van der Waals surface area contributed by atoms with E-state index in [-0.39, 0.29) is 0 Å². The molecule has 0 fully saturated rings. The fourth-order valence-corrected chi connectivity index (χ4v) is 14.4. The number of allylic oxidation sites excluding steroid dienone is 1. The van der Waals surface area contributed by atoms with E-state index in [2.05, 4.69) is 63.5 Å². The van der Waals surface area contributed by atoms with Crippen molar-refractivity contribution in [3.8, 4) is 6.07 Å². The van der Waals surface area contributed by atoms with Crippen LogP contribution in [0.2, 0.25) is 16.6 Å². The molecular formula is C18H26BrNSi. The Morgan fingerprint density at radius 3 is 1.71 bits per heavy atom. The maximum absolute atomic E-state index is 9.74. The lowest BCUT2D eigenvalue weighted by atomic mass is 10.1. The van der Waals surface area contributed by atoms with Crippen LogP contribution < -0.4 is 0 Å². The normalized spacial score (nSPS) is 13.6. The molecule has 0 unspecified atom stereocenters. The van der Waals surface area contributed by atoms with Crippen LogP contribution in [0.4, 0.5) is 0 Å². The minimum atomic E-state index is -1.82. The smallest absolute Gasteiger partial charge is 0.105 e. The highest BCUT2D eigenvalue weighted by atomic mass is 79.9. The molecule has 0 aliphatic heterocycles. The number of hydrogen-bond acceptors (Lipinski definition) is 1. The quantitative estimate of drug-likeness (QED) is 0.430. The Kier molecular flexibility index (Phi) is 6.43. The minimum Gasteiger partial charge on any atom is -0.192 e. The molecule has 1 rings (SSSR count). The monoisotopic (exact) mass is 363 g/mol. The molecule has 0 saturated carbocycles. The van der Waals surface area contributed by atoms with Crippen molar-refractivity contribution >= 4 is 29.6 Å². The molecule has 0 aromatic heterocycles. The second-order valence-corrected chi connectivity index (χ2v) is 13.9. The summed E-state index contributed by atoms with van der Waals surface area (Å²) in [6.07, 6.45) is 0. The van der Waals surface area contributed by atoms with Crippen LogP contribution in [0, 0.1) is 11.3 Å². The van der Waals surface area contributed by atoms with Crippen molar-refractivity contribution < 1.29 is 0 Å². The van der Waals surface area contributed by atoms with E-state index in [0.717, 1.165) is 11.1 Å². The van der Waals surface area contributed by atoms with Crippen LogP contribution in [0.3, 0.4) is 0 Å².